The molecule has 1 aromatic heterocycles. The summed E-state index contributed by atoms with van der Waals surface area (Å²) in [4.78, 5) is 12.3. The van der Waals surface area contributed by atoms with E-state index < -0.39 is 0 Å². The number of hydrogen-bond acceptors (Lipinski definition) is 5. The summed E-state index contributed by atoms with van der Waals surface area (Å²) in [6.45, 7) is 2.24. The minimum Gasteiger partial charge on any atom is -0.383 e. The molecule has 1 N–H and O–H groups in total. The number of nitrogens with one attached hydrogen (secondary N) is 1. The van der Waals surface area contributed by atoms with Crippen LogP contribution < -0.4 is 5.32 Å². The van der Waals surface area contributed by atoms with Crippen LogP contribution in [0.2, 0.25) is 0 Å². The molecule has 15 heavy (non-hydrogen) atoms. The van der Waals surface area contributed by atoms with Crippen LogP contribution in [-0.2, 0) is 4.74 Å². The van der Waals surface area contributed by atoms with Crippen molar-refractivity contribution in [3.8, 4) is 0 Å². The van der Waals surface area contributed by atoms with Gasteiger partial charge in [-0.15, -0.1) is 5.10 Å². The molecule has 0 saturated heterocycles. The maximum absolute atomic E-state index is 11.7. The number of amides is 1. The Balaban J connectivity index is 2.58. The first-order valence-electron chi connectivity index (χ1n) is 4.33. The average Bonchev–Trinajstić information content (AvgIpc) is 2.63. The van der Waals surface area contributed by atoms with E-state index in [1.807, 2.05) is 0 Å². The molecule has 0 radical (unpaired) electrons. The fourth-order valence-electron chi connectivity index (χ4n) is 1.02. The van der Waals surface area contributed by atoms with Crippen molar-refractivity contribution in [2.75, 3.05) is 19.0 Å². The van der Waals surface area contributed by atoms with Crippen molar-refractivity contribution in [2.24, 2.45) is 0 Å². The summed E-state index contributed by atoms with van der Waals surface area (Å²) >= 11 is 4.40. The average molecular weight is 294 g/mol. The van der Waals surface area contributed by atoms with Crippen LogP contribution in [0.3, 0.4) is 0 Å². The lowest BCUT2D eigenvalue weighted by Crippen LogP contribution is -2.39. The zero-order valence-electron chi connectivity index (χ0n) is 8.49. The highest BCUT2D eigenvalue weighted by Crippen LogP contribution is 2.09. The number of alkyl halides is 1. The van der Waals surface area contributed by atoms with E-state index in [1.54, 1.807) is 14.0 Å². The number of carbonyl (C=O) groups is 1. The molecule has 1 heterocycles. The van der Waals surface area contributed by atoms with E-state index in [0.717, 1.165) is 11.5 Å². The van der Waals surface area contributed by atoms with Crippen molar-refractivity contribution in [3.05, 3.63) is 10.6 Å². The first-order chi connectivity index (χ1) is 7.19. The van der Waals surface area contributed by atoms with Gasteiger partial charge in [-0.2, -0.15) is 0 Å². The predicted molar refractivity (Wildman–Crippen MR) is 61.6 cm³/mol. The van der Waals surface area contributed by atoms with Gasteiger partial charge in [0, 0.05) is 12.4 Å². The smallest absolute Gasteiger partial charge is 0.265 e. The van der Waals surface area contributed by atoms with E-state index in [4.69, 9.17) is 4.74 Å². The Morgan fingerprint density at radius 3 is 2.93 bits per heavy atom. The van der Waals surface area contributed by atoms with Gasteiger partial charge in [-0.25, -0.2) is 0 Å². The summed E-state index contributed by atoms with van der Waals surface area (Å²) in [5.74, 6) is -0.149. The molecule has 1 amide bonds. The summed E-state index contributed by atoms with van der Waals surface area (Å²) in [5, 5.41) is 7.26. The van der Waals surface area contributed by atoms with Gasteiger partial charge in [0.05, 0.1) is 18.3 Å². The lowest BCUT2D eigenvalue weighted by molar-refractivity contribution is 0.0911. The normalized spacial score (nSPS) is 12.5. The second-order valence-electron chi connectivity index (χ2n) is 2.97. The minimum absolute atomic E-state index is 0.0380. The molecule has 1 aromatic rings. The summed E-state index contributed by atoms with van der Waals surface area (Å²) in [6.07, 6.45) is 0. The first kappa shape index (κ1) is 12.5. The van der Waals surface area contributed by atoms with Gasteiger partial charge in [-0.3, -0.25) is 4.79 Å². The number of aromatic nitrogens is 2. The molecule has 84 valence electrons. The summed E-state index contributed by atoms with van der Waals surface area (Å²) in [6, 6.07) is -0.0380. The lowest BCUT2D eigenvalue weighted by Gasteiger charge is -2.14. The quantitative estimate of drug-likeness (QED) is 0.822. The monoisotopic (exact) mass is 293 g/mol. The Morgan fingerprint density at radius 1 is 1.73 bits per heavy atom. The van der Waals surface area contributed by atoms with Crippen molar-refractivity contribution in [1.82, 2.24) is 14.9 Å². The van der Waals surface area contributed by atoms with Gasteiger partial charge >= 0.3 is 0 Å². The Labute approximate surface area is 101 Å². The Hall–Kier alpha value is -0.530. The van der Waals surface area contributed by atoms with Crippen molar-refractivity contribution >= 4 is 33.4 Å². The van der Waals surface area contributed by atoms with Crippen molar-refractivity contribution in [2.45, 2.75) is 13.0 Å². The van der Waals surface area contributed by atoms with Crippen LogP contribution in [0.5, 0.6) is 0 Å². The zero-order valence-corrected chi connectivity index (χ0v) is 10.9. The SMILES string of the molecule is COCC(CBr)NC(=O)c1snnc1C. The van der Waals surface area contributed by atoms with E-state index >= 15 is 0 Å². The van der Waals surface area contributed by atoms with Crippen LogP contribution in [0.25, 0.3) is 0 Å². The molecule has 1 rings (SSSR count). The standard InChI is InChI=1S/C8H12BrN3O2S/c1-5-7(15-12-11-5)8(13)10-6(3-9)4-14-2/h6H,3-4H2,1-2H3,(H,10,13). The number of methoxy groups -OCH3 is 1. The number of carbonyl (C=O) groups excluding carboxylic acids is 1. The Bertz CT molecular complexity index is 331. The maximum Gasteiger partial charge on any atom is 0.265 e. The molecule has 0 spiro atoms. The maximum atomic E-state index is 11.7. The highest BCUT2D eigenvalue weighted by molar-refractivity contribution is 9.09. The van der Waals surface area contributed by atoms with E-state index in [2.05, 4.69) is 30.8 Å². The highest BCUT2D eigenvalue weighted by Gasteiger charge is 2.16. The molecule has 5 nitrogen and oxygen atoms in total. The van der Waals surface area contributed by atoms with Gasteiger partial charge in [0.25, 0.3) is 5.91 Å². The van der Waals surface area contributed by atoms with Gasteiger partial charge in [0.2, 0.25) is 0 Å². The third kappa shape index (κ3) is 3.51. The molecule has 0 fully saturated rings. The van der Waals surface area contributed by atoms with Gasteiger partial charge < -0.3 is 10.1 Å². The molecule has 0 saturated carbocycles. The van der Waals surface area contributed by atoms with Crippen LogP contribution in [0.15, 0.2) is 0 Å². The topological polar surface area (TPSA) is 64.1 Å². The molecular formula is C8H12BrN3O2S. The summed E-state index contributed by atoms with van der Waals surface area (Å²) in [7, 11) is 1.60. The number of hydrogen-bond donors (Lipinski definition) is 1. The van der Waals surface area contributed by atoms with Gasteiger partial charge in [0.1, 0.15) is 4.88 Å². The van der Waals surface area contributed by atoms with E-state index in [9.17, 15) is 4.79 Å². The van der Waals surface area contributed by atoms with E-state index in [1.165, 1.54) is 0 Å². The molecule has 7 heteroatoms. The third-order valence-corrected chi connectivity index (χ3v) is 3.36. The number of ether oxygens (including phenoxy) is 1. The second-order valence-corrected chi connectivity index (χ2v) is 4.37. The molecule has 0 aliphatic heterocycles. The third-order valence-electron chi connectivity index (χ3n) is 1.75. The van der Waals surface area contributed by atoms with Crippen LogP contribution in [0, 0.1) is 6.92 Å². The number of rotatable bonds is 5. The number of nitrogens with zero attached hydrogens (tertiary/aromatic N) is 2. The number of aryl methyl sites for hydroxylation is 1. The van der Waals surface area contributed by atoms with Gasteiger partial charge in [-0.1, -0.05) is 20.4 Å². The van der Waals surface area contributed by atoms with Crippen LogP contribution in [0.1, 0.15) is 15.4 Å². The van der Waals surface area contributed by atoms with Crippen molar-refractivity contribution in [1.29, 1.82) is 0 Å². The van der Waals surface area contributed by atoms with E-state index in [0.29, 0.717) is 22.5 Å². The van der Waals surface area contributed by atoms with Crippen LogP contribution in [0.4, 0.5) is 0 Å². The second kappa shape index (κ2) is 6.14. The molecule has 1 atom stereocenters. The lowest BCUT2D eigenvalue weighted by atomic mass is 10.3. The number of halogens is 1. The zero-order chi connectivity index (χ0) is 11.3. The molecule has 1 unspecified atom stereocenters. The first-order valence-corrected chi connectivity index (χ1v) is 6.23. The predicted octanol–water partition coefficient (Wildman–Crippen LogP) is 0.986. The molecule has 0 aliphatic carbocycles. The Kier molecular flexibility index (Phi) is 5.13. The van der Waals surface area contributed by atoms with Crippen LogP contribution in [-0.4, -0.2) is 40.6 Å². The molecule has 0 aromatic carbocycles. The van der Waals surface area contributed by atoms with Gasteiger partial charge in [-0.05, 0) is 18.5 Å². The van der Waals surface area contributed by atoms with Crippen molar-refractivity contribution < 1.29 is 9.53 Å². The highest BCUT2D eigenvalue weighted by atomic mass is 79.9. The van der Waals surface area contributed by atoms with E-state index in [-0.39, 0.29) is 11.9 Å². The molecule has 0 bridgehead atoms. The van der Waals surface area contributed by atoms with Crippen molar-refractivity contribution in [3.63, 3.8) is 0 Å². The fourth-order valence-corrected chi connectivity index (χ4v) is 1.93. The van der Waals surface area contributed by atoms with Gasteiger partial charge in [0.15, 0.2) is 0 Å². The summed E-state index contributed by atoms with van der Waals surface area (Å²) in [5.41, 5.74) is 0.656. The fraction of sp³-hybridized carbons (Fsp3) is 0.625. The minimum atomic E-state index is -0.149. The summed E-state index contributed by atoms with van der Waals surface area (Å²) < 4.78 is 8.68. The van der Waals surface area contributed by atoms with Crippen LogP contribution >= 0.6 is 27.5 Å². The Morgan fingerprint density at radius 2 is 2.47 bits per heavy atom. The largest absolute Gasteiger partial charge is 0.383 e. The molecular weight excluding hydrogens is 282 g/mol. The molecule has 0 aliphatic rings.